The van der Waals surface area contributed by atoms with E-state index in [1.165, 1.54) is 30.7 Å². The number of hydrogen-bond donors (Lipinski definition) is 9. The molecule has 3 rings (SSSR count). The molecule has 88 heavy (non-hydrogen) atoms. The smallest absolute Gasteiger partial charge is 0.408 e. The number of carbonyl (C=O) groups excluding carboxylic acids is 11. The Morgan fingerprint density at radius 1 is 0.523 bits per heavy atom. The molecule has 0 aromatic heterocycles. The van der Waals surface area contributed by atoms with Gasteiger partial charge in [0.05, 0.1) is 7.11 Å². The Kier molecular flexibility index (Phi) is 30.9. The molecule has 24 heteroatoms. The highest BCUT2D eigenvalue weighted by Gasteiger charge is 2.42. The number of carbonyl (C=O) groups is 11. The molecule has 2 aromatic carbocycles. The van der Waals surface area contributed by atoms with Crippen molar-refractivity contribution >= 4 is 77.0 Å². The van der Waals surface area contributed by atoms with E-state index in [1.807, 2.05) is 52.1 Å². The molecular formula is C64H100N10O13S. The van der Waals surface area contributed by atoms with Crippen molar-refractivity contribution in [3.05, 3.63) is 71.8 Å². The number of likely N-dealkylation sites (tertiary alicyclic amines) is 1. The van der Waals surface area contributed by atoms with Crippen LogP contribution in [0.4, 0.5) is 4.79 Å². The molecule has 2 aromatic rings. The quantitative estimate of drug-likeness (QED) is 0.0452. The maximum absolute atomic E-state index is 14.6. The number of nitrogens with one attached hydrogen (secondary N) is 9. The molecule has 0 bridgehead atoms. The first-order valence-corrected chi connectivity index (χ1v) is 32.0. The summed E-state index contributed by atoms with van der Waals surface area (Å²) in [7, 11) is 1.21. The van der Waals surface area contributed by atoms with Crippen molar-refractivity contribution in [1.29, 1.82) is 0 Å². The van der Waals surface area contributed by atoms with Crippen molar-refractivity contribution in [2.45, 2.75) is 208 Å². The zero-order valence-electron chi connectivity index (χ0n) is 54.5. The highest BCUT2D eigenvalue weighted by molar-refractivity contribution is 7.98. The predicted octanol–water partition coefficient (Wildman–Crippen LogP) is 4.24. The summed E-state index contributed by atoms with van der Waals surface area (Å²) in [5.74, 6) is -7.71. The number of benzene rings is 2. The number of methoxy groups -OCH3 is 1. The van der Waals surface area contributed by atoms with Gasteiger partial charge in [0.2, 0.25) is 53.2 Å². The molecule has 10 atom stereocenters. The molecule has 0 spiro atoms. The summed E-state index contributed by atoms with van der Waals surface area (Å²) < 4.78 is 10.4. The largest absolute Gasteiger partial charge is 0.467 e. The molecule has 1 aliphatic heterocycles. The van der Waals surface area contributed by atoms with Crippen molar-refractivity contribution < 1.29 is 62.2 Å². The van der Waals surface area contributed by atoms with Gasteiger partial charge in [-0.05, 0) is 113 Å². The minimum Gasteiger partial charge on any atom is -0.467 e. The SMILES string of the molecule is COC(=O)[C@H](Cc1ccccc1)NC(=O)[C@@H](NC(=O)[C@@H](NC(=O)[C@H](CC(C)C)NC(=O)[C@H](C)NC(=O)[C@H]1CCCN1C(=O)[C@@H](NC(=O)[C@H](Cc1ccccc1)NC(=O)[C@H](CC(C)C)NC(=O)[C@H](CCSC)NC(=O)OC(C)(C)C)C(C)C)C(C)C)C(C)C. The lowest BCUT2D eigenvalue weighted by Crippen LogP contribution is -2.61. The predicted molar refractivity (Wildman–Crippen MR) is 338 cm³/mol. The van der Waals surface area contributed by atoms with Crippen molar-refractivity contribution in [2.24, 2.45) is 29.6 Å². The highest BCUT2D eigenvalue weighted by atomic mass is 32.2. The average molecular weight is 1250 g/mol. The topological polar surface area (TPSA) is 318 Å². The number of amides is 10. The fraction of sp³-hybridized carbons (Fsp3) is 0.641. The van der Waals surface area contributed by atoms with Crippen LogP contribution in [0.1, 0.15) is 140 Å². The summed E-state index contributed by atoms with van der Waals surface area (Å²) in [6.45, 7) is 24.5. The number of nitrogens with zero attached hydrogens (tertiary/aromatic N) is 1. The van der Waals surface area contributed by atoms with E-state index in [-0.39, 0.29) is 56.9 Å². The van der Waals surface area contributed by atoms with E-state index in [0.29, 0.717) is 17.7 Å². The van der Waals surface area contributed by atoms with Crippen LogP contribution in [0.3, 0.4) is 0 Å². The Morgan fingerprint density at radius 3 is 1.42 bits per heavy atom. The molecule has 1 fully saturated rings. The van der Waals surface area contributed by atoms with E-state index in [1.54, 1.807) is 105 Å². The van der Waals surface area contributed by atoms with Gasteiger partial charge in [-0.1, -0.05) is 130 Å². The van der Waals surface area contributed by atoms with E-state index >= 15 is 0 Å². The molecule has 1 saturated heterocycles. The van der Waals surface area contributed by atoms with Crippen LogP contribution in [0.2, 0.25) is 0 Å². The minimum atomic E-state index is -1.25. The number of esters is 1. The molecule has 10 amide bonds. The van der Waals surface area contributed by atoms with Gasteiger partial charge in [0.15, 0.2) is 0 Å². The van der Waals surface area contributed by atoms with Crippen LogP contribution in [0.25, 0.3) is 0 Å². The Balaban J connectivity index is 1.78. The van der Waals surface area contributed by atoms with Crippen LogP contribution in [0, 0.1) is 29.6 Å². The minimum absolute atomic E-state index is 0.00847. The van der Waals surface area contributed by atoms with Crippen molar-refractivity contribution in [1.82, 2.24) is 52.8 Å². The van der Waals surface area contributed by atoms with E-state index < -0.39 is 149 Å². The monoisotopic (exact) mass is 1250 g/mol. The normalized spacial score (nSPS) is 16.4. The van der Waals surface area contributed by atoms with Gasteiger partial charge in [0.25, 0.3) is 0 Å². The van der Waals surface area contributed by atoms with Gasteiger partial charge in [-0.3, -0.25) is 43.2 Å². The molecule has 0 radical (unpaired) electrons. The molecule has 1 heterocycles. The van der Waals surface area contributed by atoms with Gasteiger partial charge >= 0.3 is 12.1 Å². The molecule has 1 aliphatic rings. The lowest BCUT2D eigenvalue weighted by molar-refractivity contribution is -0.145. The summed E-state index contributed by atoms with van der Waals surface area (Å²) >= 11 is 1.48. The maximum atomic E-state index is 14.6. The van der Waals surface area contributed by atoms with Crippen molar-refractivity contribution in [3.63, 3.8) is 0 Å². The van der Waals surface area contributed by atoms with Gasteiger partial charge in [-0.2, -0.15) is 11.8 Å². The van der Waals surface area contributed by atoms with Gasteiger partial charge in [-0.15, -0.1) is 0 Å². The number of hydrogen-bond acceptors (Lipinski definition) is 14. The molecular weight excluding hydrogens is 1150 g/mol. The van der Waals surface area contributed by atoms with Gasteiger partial charge in [0, 0.05) is 19.4 Å². The van der Waals surface area contributed by atoms with E-state index in [0.717, 1.165) is 5.56 Å². The second kappa shape index (κ2) is 36.3. The molecule has 0 saturated carbocycles. The van der Waals surface area contributed by atoms with E-state index in [9.17, 15) is 52.7 Å². The lowest BCUT2D eigenvalue weighted by Gasteiger charge is -2.32. The number of alkyl carbamates (subject to hydrolysis) is 1. The molecule has 0 aliphatic carbocycles. The van der Waals surface area contributed by atoms with Crippen LogP contribution in [-0.2, 0) is 70.3 Å². The molecule has 0 unspecified atom stereocenters. The third-order valence-electron chi connectivity index (χ3n) is 14.6. The van der Waals surface area contributed by atoms with Crippen LogP contribution in [0.5, 0.6) is 0 Å². The van der Waals surface area contributed by atoms with E-state index in [2.05, 4.69) is 47.9 Å². The molecule has 9 N–H and O–H groups in total. The number of rotatable bonds is 33. The first-order valence-electron chi connectivity index (χ1n) is 30.6. The average Bonchev–Trinajstić information content (AvgIpc) is 4.08. The Morgan fingerprint density at radius 2 is 0.943 bits per heavy atom. The summed E-state index contributed by atoms with van der Waals surface area (Å²) in [5.41, 5.74) is 0.639. The van der Waals surface area contributed by atoms with E-state index in [4.69, 9.17) is 9.47 Å². The highest BCUT2D eigenvalue weighted by Crippen LogP contribution is 2.22. The summed E-state index contributed by atoms with van der Waals surface area (Å²) in [4.78, 5) is 154. The van der Waals surface area contributed by atoms with Crippen LogP contribution < -0.4 is 47.9 Å². The molecule has 490 valence electrons. The third kappa shape index (κ3) is 25.1. The fourth-order valence-corrected chi connectivity index (χ4v) is 10.4. The Bertz CT molecular complexity index is 2650. The summed E-state index contributed by atoms with van der Waals surface area (Å²) in [6, 6.07) is 6.63. The second-order valence-corrected chi connectivity index (χ2v) is 26.5. The first-order chi connectivity index (χ1) is 41.3. The van der Waals surface area contributed by atoms with Gasteiger partial charge < -0.3 is 62.2 Å². The van der Waals surface area contributed by atoms with Gasteiger partial charge in [0.1, 0.15) is 66.0 Å². The van der Waals surface area contributed by atoms with Crippen LogP contribution in [-0.4, -0.2) is 162 Å². The third-order valence-corrected chi connectivity index (χ3v) is 15.3. The standard InChI is InChI=1S/C64H100N10O13S/c1-36(2)32-45(67-54(76)44(29-31-88-16)70-63(85)87-64(12,13)14)55(77)68-47(34-42-24-19-17-20-25-42)57(79)73-52(40(9)10)61(83)74-30-23-28-49(74)58(80)65-41(11)53(75)66-46(33-37(3)4)56(78)71-51(39(7)8)60(82)72-50(38(5)6)59(81)69-48(62(84)86-15)35-43-26-21-18-22-27-43/h17-22,24-27,36-41,44-52H,23,28-35H2,1-16H3,(H,65,80)(H,66,75)(H,67,76)(H,68,77)(H,69,81)(H,70,85)(H,71,78)(H,72,82)(H,73,79)/t41-,44-,45-,46-,47-,48-,49+,50-,51-,52-/m0/s1. The van der Waals surface area contributed by atoms with Crippen LogP contribution in [0.15, 0.2) is 60.7 Å². The first kappa shape index (κ1) is 75.0. The Labute approximate surface area is 524 Å². The van der Waals surface area contributed by atoms with Crippen LogP contribution >= 0.6 is 11.8 Å². The Hall–Kier alpha value is -7.24. The van der Waals surface area contributed by atoms with Crippen molar-refractivity contribution in [2.75, 3.05) is 25.7 Å². The fourth-order valence-electron chi connectivity index (χ4n) is 9.90. The summed E-state index contributed by atoms with van der Waals surface area (Å²) in [5, 5.41) is 24.8. The maximum Gasteiger partial charge on any atom is 0.408 e. The number of ether oxygens (including phenoxy) is 2. The zero-order chi connectivity index (χ0) is 66.2. The number of thioether (sulfide) groups is 1. The van der Waals surface area contributed by atoms with Gasteiger partial charge in [-0.25, -0.2) is 9.59 Å². The lowest BCUT2D eigenvalue weighted by atomic mass is 9.97. The zero-order valence-corrected chi connectivity index (χ0v) is 55.3. The second-order valence-electron chi connectivity index (χ2n) is 25.5. The summed E-state index contributed by atoms with van der Waals surface area (Å²) in [6.07, 6.45) is 2.45. The molecule has 23 nitrogen and oxygen atoms in total. The van der Waals surface area contributed by atoms with Crippen molar-refractivity contribution in [3.8, 4) is 0 Å².